The molecule has 2 amide bonds. The molecule has 0 unspecified atom stereocenters. The third kappa shape index (κ3) is 5.70. The van der Waals surface area contributed by atoms with E-state index in [9.17, 15) is 9.59 Å². The lowest BCUT2D eigenvalue weighted by molar-refractivity contribution is -0.139. The zero-order valence-corrected chi connectivity index (χ0v) is 10.8. The van der Waals surface area contributed by atoms with E-state index in [4.69, 9.17) is 4.74 Å². The first-order valence-electron chi connectivity index (χ1n) is 5.33. The van der Waals surface area contributed by atoms with Crippen molar-refractivity contribution in [2.45, 2.75) is 33.2 Å². The molecule has 0 aromatic rings. The van der Waals surface area contributed by atoms with Gasteiger partial charge in [-0.3, -0.25) is 9.59 Å². The summed E-state index contributed by atoms with van der Waals surface area (Å²) in [6.07, 6.45) is 0. The van der Waals surface area contributed by atoms with E-state index >= 15 is 0 Å². The maximum Gasteiger partial charge on any atom is 0.239 e. The summed E-state index contributed by atoms with van der Waals surface area (Å²) in [4.78, 5) is 24.4. The molecule has 0 aromatic heterocycles. The fourth-order valence-corrected chi connectivity index (χ4v) is 1.31. The van der Waals surface area contributed by atoms with Crippen molar-refractivity contribution in [1.82, 2.24) is 10.2 Å². The minimum atomic E-state index is -0.343. The topological polar surface area (TPSA) is 58.6 Å². The molecule has 5 nitrogen and oxygen atoms in total. The number of methoxy groups -OCH3 is 1. The van der Waals surface area contributed by atoms with Gasteiger partial charge in [0, 0.05) is 26.1 Å². The SMILES string of the molecule is COCCNC(=O)CN(C(C)=O)C(C)(C)C. The van der Waals surface area contributed by atoms with Gasteiger partial charge in [-0.25, -0.2) is 0 Å². The van der Waals surface area contributed by atoms with Crippen molar-refractivity contribution in [1.29, 1.82) is 0 Å². The first-order chi connectivity index (χ1) is 7.29. The van der Waals surface area contributed by atoms with E-state index in [1.165, 1.54) is 11.8 Å². The number of ether oxygens (including phenoxy) is 1. The van der Waals surface area contributed by atoms with Crippen LogP contribution in [0.25, 0.3) is 0 Å². The summed E-state index contributed by atoms with van der Waals surface area (Å²) in [5, 5.41) is 2.68. The quantitative estimate of drug-likeness (QED) is 0.695. The Hall–Kier alpha value is -1.10. The third-order valence-corrected chi connectivity index (χ3v) is 2.12. The standard InChI is InChI=1S/C11H22N2O3/c1-9(14)13(11(2,3)4)8-10(15)12-6-7-16-5/h6-8H2,1-5H3,(H,12,15). The van der Waals surface area contributed by atoms with Gasteiger partial charge in [0.25, 0.3) is 0 Å². The van der Waals surface area contributed by atoms with Crippen LogP contribution < -0.4 is 5.32 Å². The maximum atomic E-state index is 11.5. The molecule has 0 bridgehead atoms. The van der Waals surface area contributed by atoms with Crippen LogP contribution >= 0.6 is 0 Å². The molecule has 0 aromatic carbocycles. The lowest BCUT2D eigenvalue weighted by atomic mass is 10.1. The molecule has 5 heteroatoms. The summed E-state index contributed by atoms with van der Waals surface area (Å²) in [5.74, 6) is -0.267. The Morgan fingerprint density at radius 1 is 1.31 bits per heavy atom. The Morgan fingerprint density at radius 3 is 2.25 bits per heavy atom. The highest BCUT2D eigenvalue weighted by Gasteiger charge is 2.25. The Balaban J connectivity index is 4.21. The molecule has 0 aliphatic rings. The Labute approximate surface area is 97.1 Å². The second-order valence-electron chi connectivity index (χ2n) is 4.62. The average molecular weight is 230 g/mol. The van der Waals surface area contributed by atoms with Gasteiger partial charge >= 0.3 is 0 Å². The predicted molar refractivity (Wildman–Crippen MR) is 62.0 cm³/mol. The minimum Gasteiger partial charge on any atom is -0.383 e. The molecule has 0 atom stereocenters. The van der Waals surface area contributed by atoms with Crippen LogP contribution in [0.15, 0.2) is 0 Å². The molecule has 0 fully saturated rings. The highest BCUT2D eigenvalue weighted by Crippen LogP contribution is 2.12. The Bertz CT molecular complexity index is 246. The summed E-state index contributed by atoms with van der Waals surface area (Å²) < 4.78 is 4.82. The van der Waals surface area contributed by atoms with Crippen LogP contribution in [0.1, 0.15) is 27.7 Å². The molecule has 0 saturated carbocycles. The number of nitrogens with zero attached hydrogens (tertiary/aromatic N) is 1. The Morgan fingerprint density at radius 2 is 1.88 bits per heavy atom. The predicted octanol–water partition coefficient (Wildman–Crippen LogP) is 0.396. The summed E-state index contributed by atoms with van der Waals surface area (Å²) >= 11 is 0. The Kier molecular flexibility index (Phi) is 6.03. The first-order valence-corrected chi connectivity index (χ1v) is 5.33. The summed E-state index contributed by atoms with van der Waals surface area (Å²) in [7, 11) is 1.57. The van der Waals surface area contributed by atoms with Gasteiger partial charge < -0.3 is 15.0 Å². The van der Waals surface area contributed by atoms with Crippen molar-refractivity contribution in [2.24, 2.45) is 0 Å². The second-order valence-corrected chi connectivity index (χ2v) is 4.62. The van der Waals surface area contributed by atoms with E-state index in [1.54, 1.807) is 7.11 Å². The van der Waals surface area contributed by atoms with Crippen LogP contribution in [0.2, 0.25) is 0 Å². The molecule has 1 N–H and O–H groups in total. The molecule has 94 valence electrons. The van der Waals surface area contributed by atoms with Crippen LogP contribution in [0, 0.1) is 0 Å². The fourth-order valence-electron chi connectivity index (χ4n) is 1.31. The number of amides is 2. The van der Waals surface area contributed by atoms with Gasteiger partial charge in [-0.2, -0.15) is 0 Å². The van der Waals surface area contributed by atoms with E-state index in [0.29, 0.717) is 13.2 Å². The molecule has 0 aliphatic carbocycles. The average Bonchev–Trinajstić information content (AvgIpc) is 2.12. The largest absolute Gasteiger partial charge is 0.383 e. The molecule has 0 radical (unpaired) electrons. The molecular weight excluding hydrogens is 208 g/mol. The van der Waals surface area contributed by atoms with Crippen molar-refractivity contribution in [3.63, 3.8) is 0 Å². The van der Waals surface area contributed by atoms with Gasteiger partial charge in [0.1, 0.15) is 6.54 Å². The van der Waals surface area contributed by atoms with Crippen molar-refractivity contribution in [2.75, 3.05) is 26.8 Å². The third-order valence-electron chi connectivity index (χ3n) is 2.12. The van der Waals surface area contributed by atoms with E-state index in [2.05, 4.69) is 5.32 Å². The first kappa shape index (κ1) is 14.9. The van der Waals surface area contributed by atoms with Crippen molar-refractivity contribution in [3.05, 3.63) is 0 Å². The number of hydrogen-bond donors (Lipinski definition) is 1. The number of hydrogen-bond acceptors (Lipinski definition) is 3. The highest BCUT2D eigenvalue weighted by atomic mass is 16.5. The summed E-state index contributed by atoms with van der Waals surface area (Å²) in [5.41, 5.74) is -0.343. The second kappa shape index (κ2) is 6.48. The van der Waals surface area contributed by atoms with Crippen molar-refractivity contribution in [3.8, 4) is 0 Å². The highest BCUT2D eigenvalue weighted by molar-refractivity contribution is 5.84. The monoisotopic (exact) mass is 230 g/mol. The molecular formula is C11H22N2O3. The molecule has 0 aliphatic heterocycles. The van der Waals surface area contributed by atoms with Gasteiger partial charge in [0.2, 0.25) is 11.8 Å². The number of nitrogens with one attached hydrogen (secondary N) is 1. The fraction of sp³-hybridized carbons (Fsp3) is 0.818. The van der Waals surface area contributed by atoms with E-state index in [1.807, 2.05) is 20.8 Å². The number of rotatable bonds is 5. The summed E-state index contributed by atoms with van der Waals surface area (Å²) in [6, 6.07) is 0. The summed E-state index contributed by atoms with van der Waals surface area (Å²) in [6.45, 7) is 8.19. The lowest BCUT2D eigenvalue weighted by Crippen LogP contribution is -2.49. The zero-order valence-electron chi connectivity index (χ0n) is 10.8. The normalized spacial score (nSPS) is 11.1. The van der Waals surface area contributed by atoms with Gasteiger partial charge in [-0.05, 0) is 20.8 Å². The molecule has 0 spiro atoms. The van der Waals surface area contributed by atoms with Crippen LogP contribution in [0.5, 0.6) is 0 Å². The van der Waals surface area contributed by atoms with Crippen LogP contribution in [0.4, 0.5) is 0 Å². The van der Waals surface area contributed by atoms with E-state index in [-0.39, 0.29) is 23.9 Å². The molecule has 0 heterocycles. The molecule has 0 saturated heterocycles. The van der Waals surface area contributed by atoms with Gasteiger partial charge in [-0.15, -0.1) is 0 Å². The number of carbonyl (C=O) groups excluding carboxylic acids is 2. The van der Waals surface area contributed by atoms with Gasteiger partial charge in [0.15, 0.2) is 0 Å². The number of carbonyl (C=O) groups is 2. The van der Waals surface area contributed by atoms with Gasteiger partial charge in [0.05, 0.1) is 6.61 Å². The lowest BCUT2D eigenvalue weighted by Gasteiger charge is -2.34. The van der Waals surface area contributed by atoms with E-state index in [0.717, 1.165) is 0 Å². The van der Waals surface area contributed by atoms with Crippen molar-refractivity contribution < 1.29 is 14.3 Å². The van der Waals surface area contributed by atoms with Gasteiger partial charge in [-0.1, -0.05) is 0 Å². The molecule has 16 heavy (non-hydrogen) atoms. The van der Waals surface area contributed by atoms with Crippen LogP contribution in [-0.4, -0.2) is 49.1 Å². The zero-order chi connectivity index (χ0) is 12.8. The van der Waals surface area contributed by atoms with Crippen molar-refractivity contribution >= 4 is 11.8 Å². The molecule has 0 rings (SSSR count). The van der Waals surface area contributed by atoms with E-state index < -0.39 is 0 Å². The smallest absolute Gasteiger partial charge is 0.239 e. The minimum absolute atomic E-state index is 0.0859. The maximum absolute atomic E-state index is 11.5. The van der Waals surface area contributed by atoms with Crippen LogP contribution in [-0.2, 0) is 14.3 Å². The van der Waals surface area contributed by atoms with Crippen LogP contribution in [0.3, 0.4) is 0 Å².